The monoisotopic (exact) mass is 428 g/mol. The van der Waals surface area contributed by atoms with Gasteiger partial charge in [0.05, 0.1) is 22.4 Å². The fourth-order valence-electron chi connectivity index (χ4n) is 3.58. The zero-order chi connectivity index (χ0) is 21.3. The first-order valence-corrected chi connectivity index (χ1v) is 11.1. The number of carbonyl (C=O) groups is 3. The molecular formula is C21H20N2O6S. The molecule has 2 aliphatic rings. The molecule has 156 valence electrons. The van der Waals surface area contributed by atoms with Gasteiger partial charge in [0.25, 0.3) is 11.8 Å². The van der Waals surface area contributed by atoms with Crippen LogP contribution < -0.4 is 0 Å². The molecule has 1 fully saturated rings. The lowest BCUT2D eigenvalue weighted by molar-refractivity contribution is -0.167. The van der Waals surface area contributed by atoms with Gasteiger partial charge in [-0.3, -0.25) is 9.59 Å². The summed E-state index contributed by atoms with van der Waals surface area (Å²) < 4.78 is 26.8. The first-order valence-electron chi connectivity index (χ1n) is 9.65. The highest BCUT2D eigenvalue weighted by atomic mass is 32.2. The Kier molecular flexibility index (Phi) is 5.40. The number of hydrogen-bond donors (Lipinski definition) is 0. The minimum atomic E-state index is -3.55. The zero-order valence-electron chi connectivity index (χ0n) is 16.1. The average molecular weight is 428 g/mol. The molecule has 9 heteroatoms. The number of nitrogens with zero attached hydrogens (tertiary/aromatic N) is 2. The predicted molar refractivity (Wildman–Crippen MR) is 106 cm³/mol. The Morgan fingerprint density at radius 3 is 2.00 bits per heavy atom. The van der Waals surface area contributed by atoms with Crippen LogP contribution in [0.25, 0.3) is 0 Å². The van der Waals surface area contributed by atoms with Crippen molar-refractivity contribution >= 4 is 27.8 Å². The molecule has 0 saturated carbocycles. The van der Waals surface area contributed by atoms with E-state index in [-0.39, 0.29) is 22.4 Å². The van der Waals surface area contributed by atoms with Crippen molar-refractivity contribution in [1.82, 2.24) is 9.37 Å². The molecule has 0 unspecified atom stereocenters. The second-order valence-corrected chi connectivity index (χ2v) is 9.14. The molecule has 2 aromatic rings. The fourth-order valence-corrected chi connectivity index (χ4v) is 5.10. The first-order chi connectivity index (χ1) is 14.4. The molecule has 4 rings (SSSR count). The number of hydroxylamine groups is 2. The molecule has 2 heterocycles. The lowest BCUT2D eigenvalue weighted by Gasteiger charge is -2.25. The Morgan fingerprint density at radius 2 is 1.43 bits per heavy atom. The van der Waals surface area contributed by atoms with Crippen molar-refractivity contribution in [3.8, 4) is 0 Å². The molecular weight excluding hydrogens is 408 g/mol. The number of rotatable bonds is 5. The highest BCUT2D eigenvalue weighted by Crippen LogP contribution is 2.24. The normalized spacial score (nSPS) is 17.1. The number of sulfonamides is 1. The molecule has 0 N–H and O–H groups in total. The van der Waals surface area contributed by atoms with Crippen molar-refractivity contribution in [2.24, 2.45) is 0 Å². The number of amides is 2. The van der Waals surface area contributed by atoms with E-state index < -0.39 is 27.8 Å². The molecule has 0 bridgehead atoms. The zero-order valence-corrected chi connectivity index (χ0v) is 16.9. The Hall–Kier alpha value is -3.04. The van der Waals surface area contributed by atoms with Crippen LogP contribution in [0.4, 0.5) is 0 Å². The van der Waals surface area contributed by atoms with Crippen LogP contribution in [0.3, 0.4) is 0 Å². The molecule has 2 aromatic carbocycles. The maximum absolute atomic E-state index is 12.7. The van der Waals surface area contributed by atoms with Crippen molar-refractivity contribution < 1.29 is 27.6 Å². The summed E-state index contributed by atoms with van der Waals surface area (Å²) in [5.41, 5.74) is 0.874. The van der Waals surface area contributed by atoms with Gasteiger partial charge in [-0.15, -0.1) is 0 Å². The molecule has 0 atom stereocenters. The van der Waals surface area contributed by atoms with E-state index in [1.54, 1.807) is 12.1 Å². The van der Waals surface area contributed by atoms with E-state index in [9.17, 15) is 22.8 Å². The molecule has 2 aliphatic heterocycles. The molecule has 0 spiro atoms. The van der Waals surface area contributed by atoms with Gasteiger partial charge in [0.15, 0.2) is 0 Å². The quantitative estimate of drug-likeness (QED) is 0.677. The lowest BCUT2D eigenvalue weighted by Crippen LogP contribution is -2.35. The van der Waals surface area contributed by atoms with Crippen molar-refractivity contribution in [3.05, 3.63) is 65.2 Å². The van der Waals surface area contributed by atoms with Gasteiger partial charge in [-0.05, 0) is 42.7 Å². The third-order valence-electron chi connectivity index (χ3n) is 5.17. The minimum absolute atomic E-state index is 0.168. The SMILES string of the molecule is O=C(Cc1ccc(S(=O)(=O)N2CCCCC2)cc1)ON1C(=O)c2ccccc2C1=O. The van der Waals surface area contributed by atoms with Gasteiger partial charge < -0.3 is 4.84 Å². The van der Waals surface area contributed by atoms with E-state index in [1.165, 1.54) is 40.7 Å². The average Bonchev–Trinajstić information content (AvgIpc) is 3.00. The summed E-state index contributed by atoms with van der Waals surface area (Å²) >= 11 is 0. The van der Waals surface area contributed by atoms with E-state index >= 15 is 0 Å². The Bertz CT molecular complexity index is 1070. The van der Waals surface area contributed by atoms with Crippen LogP contribution in [-0.4, -0.2) is 48.7 Å². The van der Waals surface area contributed by atoms with Crippen LogP contribution in [0.5, 0.6) is 0 Å². The van der Waals surface area contributed by atoms with Crippen LogP contribution in [0.15, 0.2) is 53.4 Å². The number of benzene rings is 2. The molecule has 0 aromatic heterocycles. The molecule has 8 nitrogen and oxygen atoms in total. The van der Waals surface area contributed by atoms with Gasteiger partial charge in [0, 0.05) is 13.1 Å². The van der Waals surface area contributed by atoms with E-state index in [0.717, 1.165) is 19.3 Å². The van der Waals surface area contributed by atoms with Gasteiger partial charge in [-0.25, -0.2) is 13.2 Å². The smallest absolute Gasteiger partial charge is 0.329 e. The molecule has 2 amide bonds. The predicted octanol–water partition coefficient (Wildman–Crippen LogP) is 2.16. The van der Waals surface area contributed by atoms with E-state index in [0.29, 0.717) is 23.7 Å². The standard InChI is InChI=1S/C21H20N2O6S/c24-19(29-23-20(25)17-6-2-3-7-18(17)21(23)26)14-15-8-10-16(11-9-15)30(27,28)22-12-4-1-5-13-22/h2-3,6-11H,1,4-5,12-14H2. The number of carbonyl (C=O) groups excluding carboxylic acids is 3. The highest BCUT2D eigenvalue weighted by molar-refractivity contribution is 7.89. The van der Waals surface area contributed by atoms with Crippen molar-refractivity contribution in [3.63, 3.8) is 0 Å². The Balaban J connectivity index is 1.41. The Morgan fingerprint density at radius 1 is 0.867 bits per heavy atom. The van der Waals surface area contributed by atoms with Crippen LogP contribution in [0, 0.1) is 0 Å². The third-order valence-corrected chi connectivity index (χ3v) is 7.09. The molecule has 1 saturated heterocycles. The topological polar surface area (TPSA) is 101 Å². The maximum Gasteiger partial charge on any atom is 0.337 e. The Labute approximate surface area is 174 Å². The van der Waals surface area contributed by atoms with Gasteiger partial charge in [0.1, 0.15) is 0 Å². The second-order valence-electron chi connectivity index (χ2n) is 7.20. The summed E-state index contributed by atoms with van der Waals surface area (Å²) in [6, 6.07) is 12.2. The van der Waals surface area contributed by atoms with Crippen LogP contribution in [0.1, 0.15) is 45.5 Å². The number of hydrogen-bond acceptors (Lipinski definition) is 6. The maximum atomic E-state index is 12.7. The molecule has 0 radical (unpaired) electrons. The van der Waals surface area contributed by atoms with Crippen LogP contribution in [0.2, 0.25) is 0 Å². The van der Waals surface area contributed by atoms with Crippen molar-refractivity contribution in [2.45, 2.75) is 30.6 Å². The number of fused-ring (bicyclic) bond motifs is 1. The summed E-state index contributed by atoms with van der Waals surface area (Å²) in [5, 5.41) is 0.461. The summed E-state index contributed by atoms with van der Waals surface area (Å²) in [6.45, 7) is 1.02. The van der Waals surface area contributed by atoms with E-state index in [1.807, 2.05) is 0 Å². The number of piperidine rings is 1. The lowest BCUT2D eigenvalue weighted by atomic mass is 10.1. The number of imide groups is 1. The summed E-state index contributed by atoms with van der Waals surface area (Å²) in [6.07, 6.45) is 2.51. The van der Waals surface area contributed by atoms with Crippen molar-refractivity contribution in [1.29, 1.82) is 0 Å². The molecule has 30 heavy (non-hydrogen) atoms. The summed E-state index contributed by atoms with van der Waals surface area (Å²) in [4.78, 5) is 41.9. The minimum Gasteiger partial charge on any atom is -0.329 e. The van der Waals surface area contributed by atoms with E-state index in [4.69, 9.17) is 4.84 Å². The first kappa shape index (κ1) is 20.2. The van der Waals surface area contributed by atoms with Crippen LogP contribution >= 0.6 is 0 Å². The third kappa shape index (κ3) is 3.73. The summed E-state index contributed by atoms with van der Waals surface area (Å²) in [5.74, 6) is -2.17. The van der Waals surface area contributed by atoms with Gasteiger partial charge >= 0.3 is 5.97 Å². The fraction of sp³-hybridized carbons (Fsp3) is 0.286. The van der Waals surface area contributed by atoms with Gasteiger partial charge in [-0.1, -0.05) is 35.7 Å². The van der Waals surface area contributed by atoms with Crippen LogP contribution in [-0.2, 0) is 26.1 Å². The largest absolute Gasteiger partial charge is 0.337 e. The van der Waals surface area contributed by atoms with Crippen molar-refractivity contribution in [2.75, 3.05) is 13.1 Å². The van der Waals surface area contributed by atoms with Gasteiger partial charge in [-0.2, -0.15) is 4.31 Å². The van der Waals surface area contributed by atoms with Gasteiger partial charge in [0.2, 0.25) is 10.0 Å². The second kappa shape index (κ2) is 8.00. The van der Waals surface area contributed by atoms with E-state index in [2.05, 4.69) is 0 Å². The highest BCUT2D eigenvalue weighted by Gasteiger charge is 2.38. The molecule has 0 aliphatic carbocycles. The summed E-state index contributed by atoms with van der Waals surface area (Å²) in [7, 11) is -3.55.